The number of pyridine rings is 2. The lowest BCUT2D eigenvalue weighted by Gasteiger charge is -2.09. The Morgan fingerprint density at radius 1 is 1.04 bits per heavy atom. The fourth-order valence-electron chi connectivity index (χ4n) is 2.61. The standard InChI is InChI=1S/C18H15ClN6/c19-16(15-11-22-17-14(15)2-1-5-21-17)13-9-24-18(25-10-13)23-8-12-3-6-20-7-4-12/h1-7,9-11,16H,8H2,(H,21,22)(H,23,24,25). The van der Waals surface area contributed by atoms with Crippen LogP contribution in [0.5, 0.6) is 0 Å². The molecule has 4 heterocycles. The third-order valence-electron chi connectivity index (χ3n) is 3.92. The van der Waals surface area contributed by atoms with Gasteiger partial charge in [0.15, 0.2) is 0 Å². The summed E-state index contributed by atoms with van der Waals surface area (Å²) in [6.07, 6.45) is 10.6. The number of nitrogens with zero attached hydrogens (tertiary/aromatic N) is 4. The van der Waals surface area contributed by atoms with Gasteiger partial charge in [0.1, 0.15) is 5.65 Å². The van der Waals surface area contributed by atoms with Crippen molar-refractivity contribution < 1.29 is 0 Å². The average Bonchev–Trinajstić information content (AvgIpc) is 3.11. The van der Waals surface area contributed by atoms with Gasteiger partial charge in [-0.05, 0) is 29.8 Å². The zero-order valence-corrected chi connectivity index (χ0v) is 14.0. The number of fused-ring (bicyclic) bond motifs is 1. The Bertz CT molecular complexity index is 968. The number of alkyl halides is 1. The molecule has 4 aromatic rings. The first-order chi connectivity index (χ1) is 12.3. The number of hydrogen-bond donors (Lipinski definition) is 2. The molecule has 4 aromatic heterocycles. The number of halogens is 1. The van der Waals surface area contributed by atoms with E-state index in [2.05, 4.69) is 30.2 Å². The minimum Gasteiger partial charge on any atom is -0.350 e. The monoisotopic (exact) mass is 350 g/mol. The minimum atomic E-state index is -0.341. The molecule has 0 bridgehead atoms. The molecule has 0 aliphatic carbocycles. The van der Waals surface area contributed by atoms with E-state index in [-0.39, 0.29) is 5.38 Å². The quantitative estimate of drug-likeness (QED) is 0.537. The van der Waals surface area contributed by atoms with E-state index in [1.807, 2.05) is 30.5 Å². The molecule has 124 valence electrons. The molecular formula is C18H15ClN6. The smallest absolute Gasteiger partial charge is 0.222 e. The van der Waals surface area contributed by atoms with Crippen LogP contribution in [0, 0.1) is 0 Å². The van der Waals surface area contributed by atoms with Gasteiger partial charge in [-0.1, -0.05) is 0 Å². The van der Waals surface area contributed by atoms with Crippen LogP contribution in [-0.2, 0) is 6.54 Å². The third kappa shape index (κ3) is 3.29. The highest BCUT2D eigenvalue weighted by atomic mass is 35.5. The first kappa shape index (κ1) is 15.5. The zero-order valence-electron chi connectivity index (χ0n) is 13.2. The second kappa shape index (κ2) is 6.86. The van der Waals surface area contributed by atoms with Crippen molar-refractivity contribution in [3.63, 3.8) is 0 Å². The normalized spacial score (nSPS) is 12.2. The van der Waals surface area contributed by atoms with Crippen LogP contribution in [0.25, 0.3) is 11.0 Å². The van der Waals surface area contributed by atoms with E-state index >= 15 is 0 Å². The molecule has 0 fully saturated rings. The van der Waals surface area contributed by atoms with Crippen molar-refractivity contribution in [1.82, 2.24) is 24.9 Å². The number of hydrogen-bond acceptors (Lipinski definition) is 5. The molecule has 1 atom stereocenters. The summed E-state index contributed by atoms with van der Waals surface area (Å²) in [4.78, 5) is 20.1. The zero-order chi connectivity index (χ0) is 17.1. The van der Waals surface area contributed by atoms with Crippen molar-refractivity contribution in [3.05, 3.63) is 78.1 Å². The molecule has 6 nitrogen and oxygen atoms in total. The first-order valence-electron chi connectivity index (χ1n) is 7.82. The van der Waals surface area contributed by atoms with Gasteiger partial charge in [0.05, 0.1) is 5.38 Å². The number of nitrogens with one attached hydrogen (secondary N) is 2. The molecule has 1 unspecified atom stereocenters. The molecule has 0 amide bonds. The van der Waals surface area contributed by atoms with Crippen molar-refractivity contribution in [2.75, 3.05) is 5.32 Å². The van der Waals surface area contributed by atoms with Crippen molar-refractivity contribution in [1.29, 1.82) is 0 Å². The van der Waals surface area contributed by atoms with E-state index in [1.54, 1.807) is 31.0 Å². The molecule has 7 heteroatoms. The van der Waals surface area contributed by atoms with Crippen LogP contribution in [0.2, 0.25) is 0 Å². The lowest BCUT2D eigenvalue weighted by atomic mass is 10.1. The van der Waals surface area contributed by atoms with E-state index < -0.39 is 0 Å². The highest BCUT2D eigenvalue weighted by Crippen LogP contribution is 2.32. The number of anilines is 1. The minimum absolute atomic E-state index is 0.341. The number of rotatable bonds is 5. The van der Waals surface area contributed by atoms with Crippen LogP contribution in [0.3, 0.4) is 0 Å². The maximum atomic E-state index is 6.62. The van der Waals surface area contributed by atoms with Crippen molar-refractivity contribution in [2.24, 2.45) is 0 Å². The molecular weight excluding hydrogens is 336 g/mol. The fourth-order valence-corrected chi connectivity index (χ4v) is 2.90. The Kier molecular flexibility index (Phi) is 4.26. The average molecular weight is 351 g/mol. The summed E-state index contributed by atoms with van der Waals surface area (Å²) in [5.41, 5.74) is 3.73. The SMILES string of the molecule is ClC(c1cnc(NCc2ccncc2)nc1)c1c[nH]c2ncccc12. The maximum Gasteiger partial charge on any atom is 0.222 e. The van der Waals surface area contributed by atoms with Crippen LogP contribution in [-0.4, -0.2) is 24.9 Å². The van der Waals surface area contributed by atoms with Gasteiger partial charge in [-0.2, -0.15) is 0 Å². The first-order valence-corrected chi connectivity index (χ1v) is 8.25. The third-order valence-corrected chi connectivity index (χ3v) is 4.41. The van der Waals surface area contributed by atoms with Crippen LogP contribution < -0.4 is 5.32 Å². The fraction of sp³-hybridized carbons (Fsp3) is 0.111. The summed E-state index contributed by atoms with van der Waals surface area (Å²) in [5, 5.41) is 3.84. The Balaban J connectivity index is 1.49. The van der Waals surface area contributed by atoms with Gasteiger partial charge < -0.3 is 10.3 Å². The topological polar surface area (TPSA) is 79.4 Å². The Morgan fingerprint density at radius 3 is 2.64 bits per heavy atom. The van der Waals surface area contributed by atoms with Crippen molar-refractivity contribution in [3.8, 4) is 0 Å². The lowest BCUT2D eigenvalue weighted by molar-refractivity contribution is 1.01. The number of aromatic nitrogens is 5. The molecule has 0 spiro atoms. The molecule has 0 aromatic carbocycles. The predicted molar refractivity (Wildman–Crippen MR) is 97.4 cm³/mol. The van der Waals surface area contributed by atoms with Gasteiger partial charge >= 0.3 is 0 Å². The van der Waals surface area contributed by atoms with Gasteiger partial charge in [-0.3, -0.25) is 4.98 Å². The summed E-state index contributed by atoms with van der Waals surface area (Å²) in [5.74, 6) is 0.560. The predicted octanol–water partition coefficient (Wildman–Crippen LogP) is 3.69. The van der Waals surface area contributed by atoms with Gasteiger partial charge in [-0.15, -0.1) is 11.6 Å². The van der Waals surface area contributed by atoms with Crippen LogP contribution in [0.1, 0.15) is 22.1 Å². The molecule has 4 rings (SSSR count). The molecule has 0 aliphatic rings. The maximum absolute atomic E-state index is 6.62. The molecule has 0 saturated carbocycles. The Labute approximate surface area is 149 Å². The van der Waals surface area contributed by atoms with Crippen LogP contribution in [0.4, 0.5) is 5.95 Å². The van der Waals surface area contributed by atoms with Gasteiger partial charge in [-0.25, -0.2) is 15.0 Å². The summed E-state index contributed by atoms with van der Waals surface area (Å²) in [7, 11) is 0. The molecule has 0 aliphatic heterocycles. The molecule has 0 saturated heterocycles. The molecule has 2 N–H and O–H groups in total. The molecule has 25 heavy (non-hydrogen) atoms. The van der Waals surface area contributed by atoms with E-state index in [1.165, 1.54) is 0 Å². The Hall–Kier alpha value is -2.99. The number of H-pyrrole nitrogens is 1. The summed E-state index contributed by atoms with van der Waals surface area (Å²) in [6.45, 7) is 0.639. The summed E-state index contributed by atoms with van der Waals surface area (Å²) < 4.78 is 0. The lowest BCUT2D eigenvalue weighted by Crippen LogP contribution is -2.04. The van der Waals surface area contributed by atoms with Crippen LogP contribution >= 0.6 is 11.6 Å². The highest BCUT2D eigenvalue weighted by Gasteiger charge is 2.16. The van der Waals surface area contributed by atoms with E-state index in [4.69, 9.17) is 11.6 Å². The van der Waals surface area contributed by atoms with Crippen molar-refractivity contribution in [2.45, 2.75) is 11.9 Å². The second-order valence-electron chi connectivity index (χ2n) is 5.56. The van der Waals surface area contributed by atoms with Crippen LogP contribution in [0.15, 0.2) is 61.4 Å². The van der Waals surface area contributed by atoms with Crippen molar-refractivity contribution >= 4 is 28.6 Å². The van der Waals surface area contributed by atoms with Gasteiger partial charge in [0.25, 0.3) is 0 Å². The van der Waals surface area contributed by atoms with Gasteiger partial charge in [0.2, 0.25) is 5.95 Å². The number of aromatic amines is 1. The summed E-state index contributed by atoms with van der Waals surface area (Å²) in [6, 6.07) is 7.78. The Morgan fingerprint density at radius 2 is 1.84 bits per heavy atom. The summed E-state index contributed by atoms with van der Waals surface area (Å²) >= 11 is 6.62. The van der Waals surface area contributed by atoms with E-state index in [0.717, 1.165) is 27.7 Å². The van der Waals surface area contributed by atoms with E-state index in [9.17, 15) is 0 Å². The largest absolute Gasteiger partial charge is 0.350 e. The second-order valence-corrected chi connectivity index (χ2v) is 5.99. The highest BCUT2D eigenvalue weighted by molar-refractivity contribution is 6.23. The molecule has 0 radical (unpaired) electrons. The van der Waals surface area contributed by atoms with E-state index in [0.29, 0.717) is 12.5 Å². The van der Waals surface area contributed by atoms with Gasteiger partial charge in [0, 0.05) is 60.2 Å².